The van der Waals surface area contributed by atoms with E-state index >= 15 is 0 Å². The van der Waals surface area contributed by atoms with Gasteiger partial charge in [-0.05, 0) is 0 Å². The van der Waals surface area contributed by atoms with Gasteiger partial charge in [0.05, 0.1) is 0 Å². The maximum absolute atomic E-state index is 3.83. The van der Waals surface area contributed by atoms with Crippen molar-refractivity contribution in [3.05, 3.63) is 0 Å². The van der Waals surface area contributed by atoms with E-state index in [-0.39, 0.29) is 35.9 Å². The predicted molar refractivity (Wildman–Crippen MR) is 19.1 cm³/mol. The molecule has 0 aliphatic rings. The molecule has 0 radical (unpaired) electrons. The molecule has 0 N–H and O–H groups in total. The van der Waals surface area contributed by atoms with Crippen molar-refractivity contribution in [2.45, 2.75) is 0 Å². The Morgan fingerprint density at radius 2 is 1.25 bits per heavy atom. The van der Waals surface area contributed by atoms with Crippen LogP contribution in [0.15, 0.2) is 0 Å². The standard InChI is InChI=1S/Fe.Nb.H2S.S/h;;1H2;/q;+5;;/p+1. The molecule has 0 atom stereocenters. The fraction of sp³-hybridized carbons (Fsp3) is 0. The van der Waals surface area contributed by atoms with E-state index in [0.29, 0.717) is 0 Å². The van der Waals surface area contributed by atoms with Crippen LogP contribution in [0.3, 0.4) is 0 Å². The van der Waals surface area contributed by atoms with Crippen LogP contribution in [0.5, 0.6) is 0 Å². The molecule has 0 fully saturated rings. The molecule has 4 heteroatoms. The van der Waals surface area contributed by atoms with Gasteiger partial charge < -0.3 is 0 Å². The second-order valence-corrected chi connectivity index (χ2v) is 0. The minimum absolute atomic E-state index is 0. The van der Waals surface area contributed by atoms with E-state index in [4.69, 9.17) is 0 Å². The molecule has 0 aliphatic heterocycles. The molecule has 0 saturated heterocycles. The first-order valence-corrected chi connectivity index (χ1v) is 1.79. The SMILES string of the molecule is [Nb+5].[SH3+].[S]=[Fe]. The first-order valence-electron chi connectivity index (χ1n) is 0.144. The molecule has 0 aliphatic carbocycles. The van der Waals surface area contributed by atoms with Gasteiger partial charge in [0.15, 0.2) is 0 Å². The molecule has 0 spiro atoms. The molecule has 0 saturated carbocycles. The molecule has 4 heavy (non-hydrogen) atoms. The van der Waals surface area contributed by atoms with Crippen molar-refractivity contribution in [3.63, 3.8) is 0 Å². The number of hydrogen-bond acceptors (Lipinski definition) is 1. The van der Waals surface area contributed by atoms with E-state index in [1.54, 1.807) is 0 Å². The Bertz CT molecular complexity index is 6.00. The van der Waals surface area contributed by atoms with Crippen LogP contribution in [0.25, 0.3) is 0 Å². The summed E-state index contributed by atoms with van der Waals surface area (Å²) >= 11 is 2.83. The fourth-order valence-corrected chi connectivity index (χ4v) is 0. The summed E-state index contributed by atoms with van der Waals surface area (Å²) in [6.45, 7) is 0. The second kappa shape index (κ2) is 21.2. The molecule has 0 aromatic rings. The Labute approximate surface area is 60.4 Å². The molecule has 22 valence electrons. The van der Waals surface area contributed by atoms with E-state index in [9.17, 15) is 0 Å². The Balaban J connectivity index is -0.00000000500. The molecular weight excluding hydrogens is 213 g/mol. The molecular formula is H3FeNbS2+6. The minimum atomic E-state index is 0. The average molecular weight is 216 g/mol. The third-order valence-electron chi connectivity index (χ3n) is 0. The van der Waals surface area contributed by atoms with Crippen molar-refractivity contribution in [3.8, 4) is 0 Å². The molecule has 0 aromatic carbocycles. The van der Waals surface area contributed by atoms with Crippen LogP contribution in [0.1, 0.15) is 0 Å². The summed E-state index contributed by atoms with van der Waals surface area (Å²) in [5.74, 6) is 0. The molecule has 0 unspecified atom stereocenters. The summed E-state index contributed by atoms with van der Waals surface area (Å²) < 4.78 is 0. The zero-order chi connectivity index (χ0) is 2.00. The quantitative estimate of drug-likeness (QED) is 0.400. The van der Waals surface area contributed by atoms with Gasteiger partial charge in [-0.1, -0.05) is 13.5 Å². The van der Waals surface area contributed by atoms with Gasteiger partial charge in [-0.25, -0.2) is 0 Å². The Morgan fingerprint density at radius 1 is 1.25 bits per heavy atom. The molecule has 0 bridgehead atoms. The zero-order valence-electron chi connectivity index (χ0n) is 1.79. The number of hydrogen-bond donors (Lipinski definition) is 0. The van der Waals surface area contributed by atoms with E-state index in [2.05, 4.69) is 24.9 Å². The molecule has 0 aromatic heterocycles. The van der Waals surface area contributed by atoms with Gasteiger partial charge >= 0.3 is 47.3 Å². The molecule has 0 nitrogen and oxygen atoms in total. The van der Waals surface area contributed by atoms with Gasteiger partial charge in [-0.3, -0.25) is 0 Å². The Morgan fingerprint density at radius 3 is 1.25 bits per heavy atom. The van der Waals surface area contributed by atoms with Crippen molar-refractivity contribution in [1.82, 2.24) is 0 Å². The van der Waals surface area contributed by atoms with Crippen molar-refractivity contribution >= 4 is 24.0 Å². The van der Waals surface area contributed by atoms with Gasteiger partial charge in [-0.15, -0.1) is 0 Å². The topological polar surface area (TPSA) is 0 Å². The van der Waals surface area contributed by atoms with Crippen LogP contribution in [0, 0.1) is 0 Å². The molecule has 0 rings (SSSR count). The predicted octanol–water partition coefficient (Wildman–Crippen LogP) is -0.162. The molecule has 0 heterocycles. The summed E-state index contributed by atoms with van der Waals surface area (Å²) in [6.07, 6.45) is 0. The first kappa shape index (κ1) is 17.0. The Kier molecular flexibility index (Phi) is 89.8. The van der Waals surface area contributed by atoms with Crippen LogP contribution in [0.2, 0.25) is 0 Å². The second-order valence-electron chi connectivity index (χ2n) is 0. The van der Waals surface area contributed by atoms with Crippen molar-refractivity contribution in [2.24, 2.45) is 0 Å². The van der Waals surface area contributed by atoms with Gasteiger partial charge in [0.25, 0.3) is 0 Å². The van der Waals surface area contributed by atoms with Gasteiger partial charge in [-0.2, -0.15) is 0 Å². The van der Waals surface area contributed by atoms with Crippen LogP contribution in [-0.2, 0) is 50.3 Å². The van der Waals surface area contributed by atoms with Gasteiger partial charge in [0.1, 0.15) is 0 Å². The summed E-state index contributed by atoms with van der Waals surface area (Å²) in [5, 5.41) is 0. The molecule has 0 amide bonds. The van der Waals surface area contributed by atoms with E-state index in [0.717, 1.165) is 0 Å². The number of rotatable bonds is 0. The van der Waals surface area contributed by atoms with Crippen LogP contribution >= 0.6 is 10.6 Å². The van der Waals surface area contributed by atoms with E-state index in [1.807, 2.05) is 0 Å². The van der Waals surface area contributed by atoms with Crippen LogP contribution in [-0.4, -0.2) is 0 Å². The van der Waals surface area contributed by atoms with Crippen molar-refractivity contribution < 1.29 is 36.8 Å². The third-order valence-corrected chi connectivity index (χ3v) is 0. The van der Waals surface area contributed by atoms with Gasteiger partial charge in [0, 0.05) is 0 Å². The van der Waals surface area contributed by atoms with Crippen LogP contribution < -0.4 is 0 Å². The van der Waals surface area contributed by atoms with Gasteiger partial charge in [0.2, 0.25) is 0 Å². The summed E-state index contributed by atoms with van der Waals surface area (Å²) in [6, 6.07) is 0. The van der Waals surface area contributed by atoms with Crippen LogP contribution in [0.4, 0.5) is 0 Å². The summed E-state index contributed by atoms with van der Waals surface area (Å²) in [7, 11) is 3.83. The van der Waals surface area contributed by atoms with E-state index in [1.165, 1.54) is 0 Å². The average Bonchev–Trinajstić information content (AvgIpc) is 1.00. The maximum atomic E-state index is 3.83. The normalized spacial score (nSPS) is 1.25. The third kappa shape index (κ3) is 9.16. The monoisotopic (exact) mass is 216 g/mol. The zero-order valence-corrected chi connectivity index (χ0v) is 7.06. The summed E-state index contributed by atoms with van der Waals surface area (Å²) in [5.41, 5.74) is 0. The van der Waals surface area contributed by atoms with Crippen molar-refractivity contribution in [1.29, 1.82) is 0 Å². The Hall–Kier alpha value is 1.83. The van der Waals surface area contributed by atoms with Crippen molar-refractivity contribution in [2.75, 3.05) is 0 Å². The fourth-order valence-electron chi connectivity index (χ4n) is 0. The first-order chi connectivity index (χ1) is 1.00. The van der Waals surface area contributed by atoms with E-state index < -0.39 is 0 Å². The summed E-state index contributed by atoms with van der Waals surface area (Å²) in [4.78, 5) is 0.